The van der Waals surface area contributed by atoms with Crippen molar-refractivity contribution in [2.45, 2.75) is 26.8 Å². The molecule has 0 saturated carbocycles. The van der Waals surface area contributed by atoms with Crippen molar-refractivity contribution in [3.05, 3.63) is 93.8 Å². The monoisotopic (exact) mass is 462 g/mol. The van der Waals surface area contributed by atoms with Gasteiger partial charge in [0.25, 0.3) is 11.7 Å². The maximum atomic E-state index is 13.3. The second-order valence-corrected chi connectivity index (χ2v) is 8.12. The number of hydrogen-bond acceptors (Lipinski definition) is 5. The summed E-state index contributed by atoms with van der Waals surface area (Å²) in [5.74, 6) is -1.43. The van der Waals surface area contributed by atoms with E-state index < -0.39 is 17.7 Å². The third-order valence-corrected chi connectivity index (χ3v) is 6.08. The third-order valence-electron chi connectivity index (χ3n) is 5.75. The van der Waals surface area contributed by atoms with Crippen LogP contribution in [0.25, 0.3) is 5.76 Å². The first-order chi connectivity index (χ1) is 15.8. The zero-order chi connectivity index (χ0) is 23.7. The number of aliphatic hydroxyl groups is 1. The second kappa shape index (κ2) is 9.08. The number of ketones is 1. The highest BCUT2D eigenvalue weighted by Crippen LogP contribution is 2.43. The zero-order valence-corrected chi connectivity index (χ0v) is 19.3. The number of nitrogens with zero attached hydrogens (tertiary/aromatic N) is 2. The van der Waals surface area contributed by atoms with Crippen LogP contribution in [-0.4, -0.2) is 28.4 Å². The number of ether oxygens (including phenoxy) is 1. The Labute approximate surface area is 197 Å². The van der Waals surface area contributed by atoms with Gasteiger partial charge in [-0.3, -0.25) is 19.5 Å². The fourth-order valence-electron chi connectivity index (χ4n) is 3.98. The number of pyridine rings is 1. The standard InChI is InChI=1S/C26H23ClN2O4/c1-4-33-17-11-12-19(27)18(14-17)24(30)22-23(20-9-5-6-13-28-20)29(26(32)25(22)31)21-10-7-8-15(2)16(21)3/h5-14,23,30H,4H2,1-3H3/b24-22+. The van der Waals surface area contributed by atoms with Crippen LogP contribution in [0.1, 0.15) is 35.3 Å². The lowest BCUT2D eigenvalue weighted by Gasteiger charge is -2.26. The van der Waals surface area contributed by atoms with Crippen LogP contribution in [0.15, 0.2) is 66.4 Å². The number of carbonyl (C=O) groups is 2. The third kappa shape index (κ3) is 3.98. The first-order valence-electron chi connectivity index (χ1n) is 10.6. The van der Waals surface area contributed by atoms with Crippen LogP contribution >= 0.6 is 11.6 Å². The molecule has 0 spiro atoms. The number of aliphatic hydroxyl groups excluding tert-OH is 1. The lowest BCUT2D eigenvalue weighted by Crippen LogP contribution is -2.30. The van der Waals surface area contributed by atoms with Crippen molar-refractivity contribution in [3.63, 3.8) is 0 Å². The van der Waals surface area contributed by atoms with Crippen LogP contribution in [0.3, 0.4) is 0 Å². The molecule has 1 atom stereocenters. The summed E-state index contributed by atoms with van der Waals surface area (Å²) in [7, 11) is 0. The van der Waals surface area contributed by atoms with Gasteiger partial charge in [-0.05, 0) is 68.3 Å². The minimum absolute atomic E-state index is 0.0739. The summed E-state index contributed by atoms with van der Waals surface area (Å²) in [4.78, 5) is 32.4. The fraction of sp³-hybridized carbons (Fsp3) is 0.192. The highest BCUT2D eigenvalue weighted by atomic mass is 35.5. The maximum absolute atomic E-state index is 13.3. The molecule has 0 aliphatic carbocycles. The van der Waals surface area contributed by atoms with E-state index in [2.05, 4.69) is 4.98 Å². The van der Waals surface area contributed by atoms with Crippen molar-refractivity contribution in [1.29, 1.82) is 0 Å². The van der Waals surface area contributed by atoms with Crippen molar-refractivity contribution in [3.8, 4) is 5.75 Å². The Hall–Kier alpha value is -3.64. The summed E-state index contributed by atoms with van der Waals surface area (Å²) in [5.41, 5.74) is 3.01. The van der Waals surface area contributed by atoms with E-state index in [-0.39, 0.29) is 21.9 Å². The van der Waals surface area contributed by atoms with Gasteiger partial charge in [0.2, 0.25) is 0 Å². The van der Waals surface area contributed by atoms with Crippen LogP contribution in [-0.2, 0) is 9.59 Å². The van der Waals surface area contributed by atoms with Crippen molar-refractivity contribution in [2.24, 2.45) is 0 Å². The first-order valence-corrected chi connectivity index (χ1v) is 10.9. The van der Waals surface area contributed by atoms with Crippen LogP contribution in [0.5, 0.6) is 5.75 Å². The number of carbonyl (C=O) groups excluding carboxylic acids is 2. The van der Waals surface area contributed by atoms with E-state index in [4.69, 9.17) is 16.3 Å². The molecule has 1 saturated heterocycles. The molecule has 4 rings (SSSR count). The van der Waals surface area contributed by atoms with Crippen LogP contribution in [0, 0.1) is 13.8 Å². The number of benzene rings is 2. The normalized spacial score (nSPS) is 17.5. The molecule has 1 amide bonds. The molecule has 1 unspecified atom stereocenters. The lowest BCUT2D eigenvalue weighted by molar-refractivity contribution is -0.132. The molecule has 1 aliphatic heterocycles. The molecule has 33 heavy (non-hydrogen) atoms. The number of aryl methyl sites for hydroxylation is 1. The van der Waals surface area contributed by atoms with E-state index in [0.717, 1.165) is 11.1 Å². The van der Waals surface area contributed by atoms with E-state index in [1.165, 1.54) is 4.90 Å². The largest absolute Gasteiger partial charge is 0.507 e. The summed E-state index contributed by atoms with van der Waals surface area (Å²) in [6, 6.07) is 14.7. The number of halogens is 1. The van der Waals surface area contributed by atoms with Gasteiger partial charge in [-0.2, -0.15) is 0 Å². The molecule has 3 aromatic rings. The number of amides is 1. The van der Waals surface area contributed by atoms with E-state index in [9.17, 15) is 14.7 Å². The van der Waals surface area contributed by atoms with E-state index in [1.54, 1.807) is 48.7 Å². The Morgan fingerprint density at radius 2 is 1.91 bits per heavy atom. The van der Waals surface area contributed by atoms with Crippen molar-refractivity contribution in [2.75, 3.05) is 11.5 Å². The minimum atomic E-state index is -0.918. The molecule has 6 nitrogen and oxygen atoms in total. The van der Waals surface area contributed by atoms with Gasteiger partial charge in [0.05, 0.1) is 22.9 Å². The molecule has 7 heteroatoms. The van der Waals surface area contributed by atoms with E-state index in [0.29, 0.717) is 23.7 Å². The van der Waals surface area contributed by atoms with Gasteiger partial charge in [0.1, 0.15) is 17.6 Å². The molecular weight excluding hydrogens is 440 g/mol. The average molecular weight is 463 g/mol. The van der Waals surface area contributed by atoms with Crippen molar-refractivity contribution < 1.29 is 19.4 Å². The summed E-state index contributed by atoms with van der Waals surface area (Å²) in [5, 5.41) is 11.5. The van der Waals surface area contributed by atoms with Gasteiger partial charge in [-0.25, -0.2) is 0 Å². The Balaban J connectivity index is 1.98. The smallest absolute Gasteiger partial charge is 0.300 e. The van der Waals surface area contributed by atoms with Crippen molar-refractivity contribution >= 4 is 34.7 Å². The SMILES string of the molecule is CCOc1ccc(Cl)c(/C(O)=C2\C(=O)C(=O)N(c3cccc(C)c3C)C2c2ccccn2)c1. The van der Waals surface area contributed by atoms with E-state index in [1.807, 2.05) is 32.9 Å². The van der Waals surface area contributed by atoms with Gasteiger partial charge in [0, 0.05) is 17.4 Å². The Morgan fingerprint density at radius 1 is 1.12 bits per heavy atom. The van der Waals surface area contributed by atoms with Gasteiger partial charge in [0.15, 0.2) is 0 Å². The number of hydrogen-bond donors (Lipinski definition) is 1. The number of rotatable bonds is 5. The number of aromatic nitrogens is 1. The lowest BCUT2D eigenvalue weighted by atomic mass is 9.97. The molecule has 1 aromatic heterocycles. The molecule has 1 fully saturated rings. The fourth-order valence-corrected chi connectivity index (χ4v) is 4.19. The Bertz CT molecular complexity index is 1270. The molecule has 0 radical (unpaired) electrons. The topological polar surface area (TPSA) is 79.7 Å². The summed E-state index contributed by atoms with van der Waals surface area (Å²) in [6.45, 7) is 6.09. The zero-order valence-electron chi connectivity index (χ0n) is 18.5. The Morgan fingerprint density at radius 3 is 2.61 bits per heavy atom. The van der Waals surface area contributed by atoms with E-state index >= 15 is 0 Å². The van der Waals surface area contributed by atoms with Crippen LogP contribution in [0.4, 0.5) is 5.69 Å². The predicted octanol–water partition coefficient (Wildman–Crippen LogP) is 5.38. The average Bonchev–Trinajstić information content (AvgIpc) is 3.08. The summed E-state index contributed by atoms with van der Waals surface area (Å²) < 4.78 is 5.53. The van der Waals surface area contributed by atoms with Gasteiger partial charge >= 0.3 is 0 Å². The highest BCUT2D eigenvalue weighted by molar-refractivity contribution is 6.52. The molecular formula is C26H23ClN2O4. The summed E-state index contributed by atoms with van der Waals surface area (Å²) >= 11 is 6.37. The van der Waals surface area contributed by atoms with Crippen LogP contribution in [0.2, 0.25) is 5.02 Å². The quantitative estimate of drug-likeness (QED) is 0.313. The Kier molecular flexibility index (Phi) is 6.20. The molecule has 0 bridgehead atoms. The molecule has 1 aliphatic rings. The van der Waals surface area contributed by atoms with Gasteiger partial charge in [-0.1, -0.05) is 29.8 Å². The number of Topliss-reactive ketones (excluding diaryl/α,β-unsaturated/α-hetero) is 1. The minimum Gasteiger partial charge on any atom is -0.507 e. The predicted molar refractivity (Wildman–Crippen MR) is 128 cm³/mol. The van der Waals surface area contributed by atoms with Crippen molar-refractivity contribution in [1.82, 2.24) is 4.98 Å². The maximum Gasteiger partial charge on any atom is 0.300 e. The van der Waals surface area contributed by atoms with Crippen LogP contribution < -0.4 is 9.64 Å². The molecule has 2 heterocycles. The van der Waals surface area contributed by atoms with Gasteiger partial charge < -0.3 is 9.84 Å². The molecule has 1 N–H and O–H groups in total. The first kappa shape index (κ1) is 22.6. The number of anilines is 1. The molecule has 168 valence electrons. The van der Waals surface area contributed by atoms with Gasteiger partial charge in [-0.15, -0.1) is 0 Å². The summed E-state index contributed by atoms with van der Waals surface area (Å²) in [6.07, 6.45) is 1.58. The second-order valence-electron chi connectivity index (χ2n) is 7.72. The molecule has 2 aromatic carbocycles. The highest BCUT2D eigenvalue weighted by Gasteiger charge is 2.48.